The molecule has 88 valence electrons. The molecule has 0 fully saturated rings. The van der Waals surface area contributed by atoms with Crippen LogP contribution in [-0.4, -0.2) is 19.7 Å². The Hall–Kier alpha value is -1.71. The molecule has 0 saturated heterocycles. The molecule has 0 aliphatic rings. The molecule has 0 spiro atoms. The van der Waals surface area contributed by atoms with Gasteiger partial charge in [0.2, 0.25) is 0 Å². The standard InChI is InChI=1S/C12H17NO3/c1-3-4-7-16-9-5-6-11(13)10(8-9)12(14)15-2/h5-6,8H,3-4,7,13H2,1-2H3. The van der Waals surface area contributed by atoms with Gasteiger partial charge in [-0.1, -0.05) is 13.3 Å². The zero-order chi connectivity index (χ0) is 12.0. The quantitative estimate of drug-likeness (QED) is 0.472. The lowest BCUT2D eigenvalue weighted by Gasteiger charge is -2.08. The Kier molecular flexibility index (Phi) is 4.64. The number of hydrogen-bond acceptors (Lipinski definition) is 4. The van der Waals surface area contributed by atoms with Crippen LogP contribution in [-0.2, 0) is 4.74 Å². The van der Waals surface area contributed by atoms with E-state index < -0.39 is 5.97 Å². The van der Waals surface area contributed by atoms with Crippen LogP contribution in [0, 0.1) is 0 Å². The Balaban J connectivity index is 2.77. The van der Waals surface area contributed by atoms with E-state index in [1.165, 1.54) is 7.11 Å². The molecule has 16 heavy (non-hydrogen) atoms. The van der Waals surface area contributed by atoms with E-state index in [4.69, 9.17) is 10.5 Å². The van der Waals surface area contributed by atoms with Crippen molar-refractivity contribution < 1.29 is 14.3 Å². The largest absolute Gasteiger partial charge is 0.494 e. The van der Waals surface area contributed by atoms with E-state index >= 15 is 0 Å². The van der Waals surface area contributed by atoms with Crippen molar-refractivity contribution in [1.82, 2.24) is 0 Å². The molecule has 0 bridgehead atoms. The predicted octanol–water partition coefficient (Wildman–Crippen LogP) is 2.23. The van der Waals surface area contributed by atoms with Gasteiger partial charge in [-0.3, -0.25) is 0 Å². The van der Waals surface area contributed by atoms with Crippen molar-refractivity contribution in [2.75, 3.05) is 19.5 Å². The molecule has 1 aromatic rings. The SMILES string of the molecule is CCCCOc1ccc(N)c(C(=O)OC)c1. The van der Waals surface area contributed by atoms with Crippen LogP contribution in [0.4, 0.5) is 5.69 Å². The minimum absolute atomic E-state index is 0.344. The fraction of sp³-hybridized carbons (Fsp3) is 0.417. The number of ether oxygens (including phenoxy) is 2. The third-order valence-corrected chi connectivity index (χ3v) is 2.20. The molecule has 0 unspecified atom stereocenters. The predicted molar refractivity (Wildman–Crippen MR) is 62.6 cm³/mol. The van der Waals surface area contributed by atoms with Crippen molar-refractivity contribution in [3.63, 3.8) is 0 Å². The van der Waals surface area contributed by atoms with Crippen molar-refractivity contribution in [3.8, 4) is 5.75 Å². The van der Waals surface area contributed by atoms with Gasteiger partial charge in [0.25, 0.3) is 0 Å². The van der Waals surface area contributed by atoms with E-state index in [0.717, 1.165) is 12.8 Å². The zero-order valence-corrected chi connectivity index (χ0v) is 9.66. The summed E-state index contributed by atoms with van der Waals surface area (Å²) in [5, 5.41) is 0. The molecule has 0 aliphatic carbocycles. The summed E-state index contributed by atoms with van der Waals surface area (Å²) in [7, 11) is 1.33. The molecule has 0 aliphatic heterocycles. The molecule has 0 atom stereocenters. The second-order valence-corrected chi connectivity index (χ2v) is 3.44. The van der Waals surface area contributed by atoms with Gasteiger partial charge in [0.1, 0.15) is 5.75 Å². The van der Waals surface area contributed by atoms with E-state index in [-0.39, 0.29) is 0 Å². The van der Waals surface area contributed by atoms with Gasteiger partial charge < -0.3 is 15.2 Å². The number of esters is 1. The number of methoxy groups -OCH3 is 1. The highest BCUT2D eigenvalue weighted by molar-refractivity contribution is 5.95. The van der Waals surface area contributed by atoms with Gasteiger partial charge >= 0.3 is 5.97 Å². The van der Waals surface area contributed by atoms with Crippen LogP contribution in [0.2, 0.25) is 0 Å². The van der Waals surface area contributed by atoms with Crippen molar-refractivity contribution in [3.05, 3.63) is 23.8 Å². The van der Waals surface area contributed by atoms with Gasteiger partial charge in [0.15, 0.2) is 0 Å². The molecule has 0 saturated carbocycles. The summed E-state index contributed by atoms with van der Waals surface area (Å²) in [6.07, 6.45) is 2.05. The molecule has 1 aromatic carbocycles. The van der Waals surface area contributed by atoms with Gasteiger partial charge in [0.05, 0.1) is 19.3 Å². The number of carbonyl (C=O) groups is 1. The number of benzene rings is 1. The highest BCUT2D eigenvalue weighted by Gasteiger charge is 2.10. The smallest absolute Gasteiger partial charge is 0.340 e. The Bertz CT molecular complexity index is 363. The van der Waals surface area contributed by atoms with Crippen molar-refractivity contribution in [2.45, 2.75) is 19.8 Å². The van der Waals surface area contributed by atoms with Gasteiger partial charge in [-0.25, -0.2) is 4.79 Å². The van der Waals surface area contributed by atoms with Crippen LogP contribution in [0.25, 0.3) is 0 Å². The van der Waals surface area contributed by atoms with Crippen LogP contribution < -0.4 is 10.5 Å². The molecule has 4 heteroatoms. The van der Waals surface area contributed by atoms with Crippen molar-refractivity contribution in [2.24, 2.45) is 0 Å². The molecular weight excluding hydrogens is 206 g/mol. The van der Waals surface area contributed by atoms with Crippen molar-refractivity contribution in [1.29, 1.82) is 0 Å². The topological polar surface area (TPSA) is 61.5 Å². The summed E-state index contributed by atoms with van der Waals surface area (Å²) < 4.78 is 10.1. The number of unbranched alkanes of at least 4 members (excludes halogenated alkanes) is 1. The summed E-state index contributed by atoms with van der Waals surface area (Å²) in [4.78, 5) is 11.4. The lowest BCUT2D eigenvalue weighted by molar-refractivity contribution is 0.0601. The van der Waals surface area contributed by atoms with E-state index in [0.29, 0.717) is 23.6 Å². The Morgan fingerprint density at radius 2 is 2.19 bits per heavy atom. The molecule has 0 heterocycles. The highest BCUT2D eigenvalue weighted by atomic mass is 16.5. The Morgan fingerprint density at radius 3 is 2.81 bits per heavy atom. The molecular formula is C12H17NO3. The van der Waals surface area contributed by atoms with Crippen molar-refractivity contribution >= 4 is 11.7 Å². The van der Waals surface area contributed by atoms with Crippen LogP contribution in [0.15, 0.2) is 18.2 Å². The van der Waals surface area contributed by atoms with Crippen LogP contribution in [0.1, 0.15) is 30.1 Å². The second kappa shape index (κ2) is 6.00. The first-order valence-corrected chi connectivity index (χ1v) is 5.29. The van der Waals surface area contributed by atoms with Crippen LogP contribution in [0.5, 0.6) is 5.75 Å². The third kappa shape index (κ3) is 3.15. The lowest BCUT2D eigenvalue weighted by Crippen LogP contribution is -2.06. The maximum absolute atomic E-state index is 11.4. The maximum Gasteiger partial charge on any atom is 0.340 e. The molecule has 2 N–H and O–H groups in total. The molecule has 1 rings (SSSR count). The number of hydrogen-bond donors (Lipinski definition) is 1. The normalized spacial score (nSPS) is 9.88. The van der Waals surface area contributed by atoms with Gasteiger partial charge in [-0.05, 0) is 24.6 Å². The van der Waals surface area contributed by atoms with Gasteiger partial charge in [-0.15, -0.1) is 0 Å². The Labute approximate surface area is 95.3 Å². The second-order valence-electron chi connectivity index (χ2n) is 3.44. The summed E-state index contributed by atoms with van der Waals surface area (Å²) in [5.41, 5.74) is 6.41. The fourth-order valence-corrected chi connectivity index (χ4v) is 1.25. The first-order valence-electron chi connectivity index (χ1n) is 5.29. The van der Waals surface area contributed by atoms with E-state index in [2.05, 4.69) is 11.7 Å². The monoisotopic (exact) mass is 223 g/mol. The van der Waals surface area contributed by atoms with Crippen LogP contribution >= 0.6 is 0 Å². The molecule has 0 amide bonds. The average molecular weight is 223 g/mol. The third-order valence-electron chi connectivity index (χ3n) is 2.20. The van der Waals surface area contributed by atoms with E-state index in [1.807, 2.05) is 0 Å². The summed E-state index contributed by atoms with van der Waals surface area (Å²) >= 11 is 0. The first kappa shape index (κ1) is 12.4. The number of carbonyl (C=O) groups excluding carboxylic acids is 1. The lowest BCUT2D eigenvalue weighted by atomic mass is 10.2. The Morgan fingerprint density at radius 1 is 1.44 bits per heavy atom. The summed E-state index contributed by atoms with van der Waals surface area (Å²) in [5.74, 6) is 0.196. The first-order chi connectivity index (χ1) is 7.69. The number of rotatable bonds is 5. The average Bonchev–Trinajstić information content (AvgIpc) is 2.30. The fourth-order valence-electron chi connectivity index (χ4n) is 1.25. The van der Waals surface area contributed by atoms with E-state index in [9.17, 15) is 4.79 Å². The minimum Gasteiger partial charge on any atom is -0.494 e. The zero-order valence-electron chi connectivity index (χ0n) is 9.66. The van der Waals surface area contributed by atoms with Gasteiger partial charge in [-0.2, -0.15) is 0 Å². The van der Waals surface area contributed by atoms with Gasteiger partial charge in [0, 0.05) is 5.69 Å². The number of nitrogens with two attached hydrogens (primary N) is 1. The molecule has 0 radical (unpaired) electrons. The molecule has 4 nitrogen and oxygen atoms in total. The summed E-state index contributed by atoms with van der Waals surface area (Å²) in [6.45, 7) is 2.73. The van der Waals surface area contributed by atoms with E-state index in [1.54, 1.807) is 18.2 Å². The minimum atomic E-state index is -0.446. The maximum atomic E-state index is 11.4. The number of anilines is 1. The molecule has 0 aromatic heterocycles. The van der Waals surface area contributed by atoms with Crippen LogP contribution in [0.3, 0.4) is 0 Å². The highest BCUT2D eigenvalue weighted by Crippen LogP contribution is 2.20. The number of nitrogen functional groups attached to an aromatic ring is 1. The summed E-state index contributed by atoms with van der Waals surface area (Å²) in [6, 6.07) is 5.00.